The zero-order chi connectivity index (χ0) is 21.0. The fourth-order valence-corrected chi connectivity index (χ4v) is 4.95. The summed E-state index contributed by atoms with van der Waals surface area (Å²) in [6, 6.07) is 17.2. The van der Waals surface area contributed by atoms with Crippen LogP contribution in [-0.4, -0.2) is 36.9 Å². The number of rotatable bonds is 6. The summed E-state index contributed by atoms with van der Waals surface area (Å²) in [6.07, 6.45) is 2.73. The molecular weight excluding hydrogens is 404 g/mol. The molecule has 3 aromatic rings. The number of hydrogen-bond donors (Lipinski definition) is 0. The minimum absolute atomic E-state index is 0.0955. The van der Waals surface area contributed by atoms with Crippen molar-refractivity contribution in [1.29, 1.82) is 0 Å². The molecular formula is C22H22N2O5S. The molecule has 0 unspecified atom stereocenters. The van der Waals surface area contributed by atoms with Gasteiger partial charge in [0.1, 0.15) is 5.69 Å². The van der Waals surface area contributed by atoms with Crippen molar-refractivity contribution in [3.8, 4) is 11.3 Å². The summed E-state index contributed by atoms with van der Waals surface area (Å²) in [5, 5.41) is 3.98. The van der Waals surface area contributed by atoms with Gasteiger partial charge in [-0.2, -0.15) is 4.31 Å². The van der Waals surface area contributed by atoms with E-state index < -0.39 is 16.0 Å². The van der Waals surface area contributed by atoms with Crippen molar-refractivity contribution in [2.24, 2.45) is 0 Å². The Morgan fingerprint density at radius 2 is 1.77 bits per heavy atom. The fourth-order valence-electron chi connectivity index (χ4n) is 3.38. The van der Waals surface area contributed by atoms with Crippen molar-refractivity contribution in [3.63, 3.8) is 0 Å². The summed E-state index contributed by atoms with van der Waals surface area (Å²) < 4.78 is 37.7. The topological polar surface area (TPSA) is 89.7 Å². The summed E-state index contributed by atoms with van der Waals surface area (Å²) in [7, 11) is -3.62. The van der Waals surface area contributed by atoms with Gasteiger partial charge < -0.3 is 9.26 Å². The lowest BCUT2D eigenvalue weighted by Crippen LogP contribution is -2.35. The van der Waals surface area contributed by atoms with Crippen LogP contribution in [0, 0.1) is 0 Å². The highest BCUT2D eigenvalue weighted by atomic mass is 32.2. The maximum atomic E-state index is 12.8. The Kier molecular flexibility index (Phi) is 5.96. The van der Waals surface area contributed by atoms with Crippen molar-refractivity contribution in [1.82, 2.24) is 9.46 Å². The van der Waals surface area contributed by atoms with Crippen molar-refractivity contribution in [2.75, 3.05) is 13.1 Å². The van der Waals surface area contributed by atoms with Crippen LogP contribution in [0.15, 0.2) is 70.1 Å². The molecule has 2 aromatic carbocycles. The lowest BCUT2D eigenvalue weighted by molar-refractivity contribution is 0.0437. The first-order chi connectivity index (χ1) is 14.5. The molecule has 8 heteroatoms. The first-order valence-electron chi connectivity index (χ1n) is 9.82. The highest BCUT2D eigenvalue weighted by molar-refractivity contribution is 7.89. The molecule has 0 saturated carbocycles. The Morgan fingerprint density at radius 3 is 2.53 bits per heavy atom. The highest BCUT2D eigenvalue weighted by Gasteiger charge is 2.26. The van der Waals surface area contributed by atoms with Gasteiger partial charge in [-0.3, -0.25) is 0 Å². The molecule has 156 valence electrons. The Labute approximate surface area is 175 Å². The van der Waals surface area contributed by atoms with Crippen LogP contribution in [0.1, 0.15) is 35.4 Å². The lowest BCUT2D eigenvalue weighted by Gasteiger charge is -2.25. The molecule has 1 aliphatic rings. The van der Waals surface area contributed by atoms with Crippen LogP contribution in [0.4, 0.5) is 0 Å². The SMILES string of the molecule is O=C(OCc1cc(-c2ccccc2)no1)c1cccc(S(=O)(=O)N2CCCCC2)c1. The van der Waals surface area contributed by atoms with Crippen LogP contribution >= 0.6 is 0 Å². The average molecular weight is 426 g/mol. The van der Waals surface area contributed by atoms with E-state index in [1.807, 2.05) is 30.3 Å². The summed E-state index contributed by atoms with van der Waals surface area (Å²) >= 11 is 0. The van der Waals surface area contributed by atoms with Gasteiger partial charge in [0.15, 0.2) is 12.4 Å². The van der Waals surface area contributed by atoms with Crippen molar-refractivity contribution < 1.29 is 22.5 Å². The third kappa shape index (κ3) is 4.44. The van der Waals surface area contributed by atoms with Crippen LogP contribution in [0.25, 0.3) is 11.3 Å². The normalized spacial score (nSPS) is 15.1. The van der Waals surface area contributed by atoms with Gasteiger partial charge in [0.25, 0.3) is 0 Å². The van der Waals surface area contributed by atoms with Gasteiger partial charge in [-0.1, -0.05) is 48.0 Å². The first-order valence-corrected chi connectivity index (χ1v) is 11.3. The second-order valence-electron chi connectivity index (χ2n) is 7.11. The fraction of sp³-hybridized carbons (Fsp3) is 0.273. The highest BCUT2D eigenvalue weighted by Crippen LogP contribution is 2.22. The lowest BCUT2D eigenvalue weighted by atomic mass is 10.1. The molecule has 0 atom stereocenters. The molecule has 4 rings (SSSR count). The number of aromatic nitrogens is 1. The van der Waals surface area contributed by atoms with E-state index in [1.54, 1.807) is 12.1 Å². The molecule has 0 radical (unpaired) electrons. The van der Waals surface area contributed by atoms with Crippen molar-refractivity contribution >= 4 is 16.0 Å². The number of piperidine rings is 1. The van der Waals surface area contributed by atoms with Gasteiger partial charge >= 0.3 is 5.97 Å². The van der Waals surface area contributed by atoms with Gasteiger partial charge in [-0.25, -0.2) is 13.2 Å². The van der Waals surface area contributed by atoms with E-state index in [0.717, 1.165) is 24.8 Å². The monoisotopic (exact) mass is 426 g/mol. The molecule has 0 N–H and O–H groups in total. The molecule has 1 aliphatic heterocycles. The van der Waals surface area contributed by atoms with E-state index in [4.69, 9.17) is 9.26 Å². The number of carbonyl (C=O) groups is 1. The molecule has 0 spiro atoms. The van der Waals surface area contributed by atoms with Gasteiger partial charge in [0, 0.05) is 24.7 Å². The van der Waals surface area contributed by atoms with Crippen LogP contribution in [0.2, 0.25) is 0 Å². The zero-order valence-corrected chi connectivity index (χ0v) is 17.2. The third-order valence-electron chi connectivity index (χ3n) is 5.00. The zero-order valence-electron chi connectivity index (χ0n) is 16.4. The summed E-state index contributed by atoms with van der Waals surface area (Å²) in [4.78, 5) is 12.6. The quantitative estimate of drug-likeness (QED) is 0.556. The van der Waals surface area contributed by atoms with Gasteiger partial charge in [-0.05, 0) is 31.0 Å². The molecule has 1 aromatic heterocycles. The van der Waals surface area contributed by atoms with Gasteiger partial charge in [0.05, 0.1) is 10.5 Å². The Balaban J connectivity index is 1.43. The van der Waals surface area contributed by atoms with E-state index in [0.29, 0.717) is 24.5 Å². The number of sulfonamides is 1. The number of esters is 1. The van der Waals surface area contributed by atoms with Gasteiger partial charge in [-0.15, -0.1) is 0 Å². The Morgan fingerprint density at radius 1 is 1.00 bits per heavy atom. The average Bonchev–Trinajstić information content (AvgIpc) is 3.28. The molecule has 0 bridgehead atoms. The first kappa shape index (κ1) is 20.3. The van der Waals surface area contributed by atoms with E-state index in [-0.39, 0.29) is 17.1 Å². The molecule has 0 amide bonds. The van der Waals surface area contributed by atoms with Crippen molar-refractivity contribution in [3.05, 3.63) is 72.0 Å². The Hall–Kier alpha value is -2.97. The summed E-state index contributed by atoms with van der Waals surface area (Å²) in [5.74, 6) is -0.220. The number of nitrogens with zero attached hydrogens (tertiary/aromatic N) is 2. The van der Waals surface area contributed by atoms with Gasteiger partial charge in [0.2, 0.25) is 10.0 Å². The Bertz CT molecular complexity index is 1120. The largest absolute Gasteiger partial charge is 0.454 e. The number of benzene rings is 2. The van der Waals surface area contributed by atoms with E-state index in [1.165, 1.54) is 22.5 Å². The van der Waals surface area contributed by atoms with Crippen LogP contribution in [0.5, 0.6) is 0 Å². The number of ether oxygens (including phenoxy) is 1. The smallest absolute Gasteiger partial charge is 0.338 e. The molecule has 7 nitrogen and oxygen atoms in total. The van der Waals surface area contributed by atoms with Crippen LogP contribution < -0.4 is 0 Å². The van der Waals surface area contributed by atoms with Crippen LogP contribution in [-0.2, 0) is 21.4 Å². The molecule has 1 fully saturated rings. The number of hydrogen-bond acceptors (Lipinski definition) is 6. The second-order valence-corrected chi connectivity index (χ2v) is 9.05. The summed E-state index contributed by atoms with van der Waals surface area (Å²) in [5.41, 5.74) is 1.72. The second kappa shape index (κ2) is 8.81. The molecule has 0 aliphatic carbocycles. The molecule has 2 heterocycles. The standard InChI is InChI=1S/C22H22N2O5S/c25-22(28-16-19-15-21(23-29-19)17-8-3-1-4-9-17)18-10-7-11-20(14-18)30(26,27)24-12-5-2-6-13-24/h1,3-4,7-11,14-15H,2,5-6,12-13,16H2. The van der Waals surface area contributed by atoms with Crippen molar-refractivity contribution in [2.45, 2.75) is 30.8 Å². The predicted octanol–water partition coefficient (Wildman–Crippen LogP) is 3.87. The van der Waals surface area contributed by atoms with Crippen LogP contribution in [0.3, 0.4) is 0 Å². The van der Waals surface area contributed by atoms with E-state index >= 15 is 0 Å². The minimum Gasteiger partial charge on any atom is -0.454 e. The predicted molar refractivity (Wildman–Crippen MR) is 110 cm³/mol. The van der Waals surface area contributed by atoms with E-state index in [9.17, 15) is 13.2 Å². The maximum absolute atomic E-state index is 12.8. The molecule has 30 heavy (non-hydrogen) atoms. The summed E-state index contributed by atoms with van der Waals surface area (Å²) in [6.45, 7) is 0.917. The molecule has 1 saturated heterocycles. The van der Waals surface area contributed by atoms with E-state index in [2.05, 4.69) is 5.16 Å². The third-order valence-corrected chi connectivity index (χ3v) is 6.89. The minimum atomic E-state index is -3.62. The number of carbonyl (C=O) groups excluding carboxylic acids is 1. The maximum Gasteiger partial charge on any atom is 0.338 e.